The molecule has 0 aromatic carbocycles. The van der Waals surface area contributed by atoms with Gasteiger partial charge in [-0.05, 0) is 6.92 Å². The number of hydrogen-bond acceptors (Lipinski definition) is 1. The Bertz CT molecular complexity index is 169. The molecule has 2 nitrogen and oxygen atoms in total. The van der Waals surface area contributed by atoms with Crippen molar-refractivity contribution in [1.82, 2.24) is 4.90 Å². The van der Waals surface area contributed by atoms with Gasteiger partial charge in [-0.15, -0.1) is 0 Å². The van der Waals surface area contributed by atoms with Gasteiger partial charge in [0.15, 0.2) is 6.21 Å². The first-order valence-corrected chi connectivity index (χ1v) is 3.59. The minimum absolute atomic E-state index is 0.491. The average Bonchev–Trinajstić information content (AvgIpc) is 1.93. The quantitative estimate of drug-likeness (QED) is 0.452. The second-order valence-electron chi connectivity index (χ2n) is 2.87. The number of rotatable bonds is 0. The Morgan fingerprint density at radius 2 is 2.20 bits per heavy atom. The summed E-state index contributed by atoms with van der Waals surface area (Å²) in [4.78, 5) is 2.25. The summed E-state index contributed by atoms with van der Waals surface area (Å²) < 4.78 is 2.19. The van der Waals surface area contributed by atoms with Crippen LogP contribution in [0.3, 0.4) is 0 Å². The van der Waals surface area contributed by atoms with Crippen molar-refractivity contribution in [3.8, 4) is 0 Å². The van der Waals surface area contributed by atoms with Gasteiger partial charge in [-0.2, -0.15) is 0 Å². The van der Waals surface area contributed by atoms with Crippen LogP contribution in [0.25, 0.3) is 0 Å². The molecule has 0 aliphatic carbocycles. The van der Waals surface area contributed by atoms with Crippen molar-refractivity contribution < 1.29 is 4.58 Å². The van der Waals surface area contributed by atoms with Crippen LogP contribution in [0.15, 0.2) is 11.8 Å². The first kappa shape index (κ1) is 7.32. The van der Waals surface area contributed by atoms with Gasteiger partial charge in [0.1, 0.15) is 7.05 Å². The third kappa shape index (κ3) is 1.06. The van der Waals surface area contributed by atoms with Gasteiger partial charge in [-0.3, -0.25) is 0 Å². The van der Waals surface area contributed by atoms with Crippen LogP contribution in [-0.4, -0.2) is 36.0 Å². The van der Waals surface area contributed by atoms with Crippen LogP contribution < -0.4 is 0 Å². The summed E-state index contributed by atoms with van der Waals surface area (Å²) in [6.45, 7) is 4.31. The van der Waals surface area contributed by atoms with E-state index in [2.05, 4.69) is 49.7 Å². The summed E-state index contributed by atoms with van der Waals surface area (Å²) in [5, 5.41) is 0. The third-order valence-electron chi connectivity index (χ3n) is 2.26. The van der Waals surface area contributed by atoms with E-state index >= 15 is 0 Å². The van der Waals surface area contributed by atoms with E-state index in [0.717, 1.165) is 0 Å². The maximum absolute atomic E-state index is 2.25. The fourth-order valence-electron chi connectivity index (χ4n) is 1.04. The van der Waals surface area contributed by atoms with E-state index < -0.39 is 0 Å². The van der Waals surface area contributed by atoms with Crippen LogP contribution in [0.4, 0.5) is 0 Å². The van der Waals surface area contributed by atoms with Crippen molar-refractivity contribution in [2.24, 2.45) is 0 Å². The molecule has 0 aromatic heterocycles. The van der Waals surface area contributed by atoms with E-state index in [1.165, 1.54) is 5.70 Å². The van der Waals surface area contributed by atoms with Gasteiger partial charge in [0.05, 0.1) is 0 Å². The monoisotopic (exact) mass is 139 g/mol. The molecule has 1 unspecified atom stereocenters. The van der Waals surface area contributed by atoms with Crippen molar-refractivity contribution in [2.75, 3.05) is 14.1 Å². The molecule has 0 bridgehead atoms. The Hall–Kier alpha value is -0.790. The Kier molecular flexibility index (Phi) is 1.79. The molecule has 0 radical (unpaired) electrons. The molecule has 1 atom stereocenters. The van der Waals surface area contributed by atoms with Crippen molar-refractivity contribution >= 4 is 6.21 Å². The summed E-state index contributed by atoms with van der Waals surface area (Å²) >= 11 is 0. The SMILES string of the molecule is CC1=CC=[N+](C)C(C)N1C. The van der Waals surface area contributed by atoms with Gasteiger partial charge in [0.25, 0.3) is 0 Å². The molecule has 0 amide bonds. The van der Waals surface area contributed by atoms with Crippen LogP contribution in [0, 0.1) is 0 Å². The lowest BCUT2D eigenvalue weighted by molar-refractivity contribution is -0.554. The van der Waals surface area contributed by atoms with E-state index in [9.17, 15) is 0 Å². The number of hydrogen-bond donors (Lipinski definition) is 0. The highest BCUT2D eigenvalue weighted by atomic mass is 15.3. The fraction of sp³-hybridized carbons (Fsp3) is 0.625. The minimum Gasteiger partial charge on any atom is -0.322 e. The molecule has 0 saturated heterocycles. The van der Waals surface area contributed by atoms with Crippen molar-refractivity contribution in [2.45, 2.75) is 20.0 Å². The highest BCUT2D eigenvalue weighted by Gasteiger charge is 2.19. The van der Waals surface area contributed by atoms with E-state index in [4.69, 9.17) is 0 Å². The standard InChI is InChI=1S/C8H15N2/c1-7-5-6-9(3)8(2)10(7)4/h5-6,8H,1-4H3/q+1. The predicted molar refractivity (Wildman–Crippen MR) is 43.2 cm³/mol. The van der Waals surface area contributed by atoms with E-state index in [1.54, 1.807) is 0 Å². The normalized spacial score (nSPS) is 26.0. The molecule has 2 heteroatoms. The van der Waals surface area contributed by atoms with Gasteiger partial charge in [-0.1, -0.05) is 0 Å². The minimum atomic E-state index is 0.491. The first-order chi connectivity index (χ1) is 4.63. The van der Waals surface area contributed by atoms with E-state index in [-0.39, 0.29) is 0 Å². The largest absolute Gasteiger partial charge is 0.322 e. The van der Waals surface area contributed by atoms with E-state index in [0.29, 0.717) is 6.17 Å². The van der Waals surface area contributed by atoms with Crippen molar-refractivity contribution in [3.63, 3.8) is 0 Å². The summed E-state index contributed by atoms with van der Waals surface area (Å²) in [5.74, 6) is 0. The zero-order valence-corrected chi connectivity index (χ0v) is 7.13. The van der Waals surface area contributed by atoms with Gasteiger partial charge >= 0.3 is 0 Å². The lowest BCUT2D eigenvalue weighted by Crippen LogP contribution is -2.39. The molecule has 10 heavy (non-hydrogen) atoms. The Balaban J connectivity index is 2.86. The summed E-state index contributed by atoms with van der Waals surface area (Å²) in [5.41, 5.74) is 1.32. The molecule has 1 heterocycles. The zero-order valence-electron chi connectivity index (χ0n) is 7.13. The molecular formula is C8H15N2+. The van der Waals surface area contributed by atoms with Gasteiger partial charge in [0.2, 0.25) is 6.17 Å². The highest BCUT2D eigenvalue weighted by Crippen LogP contribution is 2.08. The second-order valence-corrected chi connectivity index (χ2v) is 2.87. The maximum Gasteiger partial charge on any atom is 0.224 e. The Morgan fingerprint density at radius 3 is 2.70 bits per heavy atom. The van der Waals surface area contributed by atoms with E-state index in [1.807, 2.05) is 0 Å². The molecule has 0 N–H and O–H groups in total. The molecule has 0 saturated carbocycles. The van der Waals surface area contributed by atoms with Gasteiger partial charge in [0, 0.05) is 25.7 Å². The smallest absolute Gasteiger partial charge is 0.224 e. The summed E-state index contributed by atoms with van der Waals surface area (Å²) in [6, 6.07) is 0. The fourth-order valence-corrected chi connectivity index (χ4v) is 1.04. The van der Waals surface area contributed by atoms with Crippen LogP contribution in [0.5, 0.6) is 0 Å². The highest BCUT2D eigenvalue weighted by molar-refractivity contribution is 5.67. The van der Waals surface area contributed by atoms with Crippen LogP contribution in [0.1, 0.15) is 13.8 Å². The van der Waals surface area contributed by atoms with Crippen molar-refractivity contribution in [3.05, 3.63) is 11.8 Å². The molecule has 1 rings (SSSR count). The number of nitrogens with zero attached hydrogens (tertiary/aromatic N) is 2. The lowest BCUT2D eigenvalue weighted by Gasteiger charge is -2.25. The van der Waals surface area contributed by atoms with Crippen LogP contribution in [0.2, 0.25) is 0 Å². The molecule has 56 valence electrons. The Labute approximate surface area is 62.5 Å². The molecule has 0 aromatic rings. The molecule has 1 aliphatic rings. The first-order valence-electron chi connectivity index (χ1n) is 3.59. The second kappa shape index (κ2) is 2.45. The predicted octanol–water partition coefficient (Wildman–Crippen LogP) is 0.895. The van der Waals surface area contributed by atoms with Crippen molar-refractivity contribution in [1.29, 1.82) is 0 Å². The average molecular weight is 139 g/mol. The molecule has 0 fully saturated rings. The van der Waals surface area contributed by atoms with Crippen LogP contribution in [-0.2, 0) is 0 Å². The molecule has 0 spiro atoms. The Morgan fingerprint density at radius 1 is 1.60 bits per heavy atom. The maximum atomic E-state index is 2.25. The molecule has 1 aliphatic heterocycles. The van der Waals surface area contributed by atoms with Crippen LogP contribution >= 0.6 is 0 Å². The lowest BCUT2D eigenvalue weighted by atomic mass is 10.3. The summed E-state index contributed by atoms with van der Waals surface area (Å²) in [6.07, 6.45) is 4.73. The topological polar surface area (TPSA) is 6.25 Å². The zero-order chi connectivity index (χ0) is 7.72. The summed E-state index contributed by atoms with van der Waals surface area (Å²) in [7, 11) is 4.20. The van der Waals surface area contributed by atoms with Gasteiger partial charge < -0.3 is 4.90 Å². The number of allylic oxidation sites excluding steroid dienone is 2. The third-order valence-corrected chi connectivity index (χ3v) is 2.26. The molecular weight excluding hydrogens is 124 g/mol. The van der Waals surface area contributed by atoms with Gasteiger partial charge in [-0.25, -0.2) is 4.58 Å².